The number of fused-ring (bicyclic) bond motifs is 3. The van der Waals surface area contributed by atoms with E-state index in [0.717, 1.165) is 24.4 Å². The Hall–Kier alpha value is -2.57. The first kappa shape index (κ1) is 18.8. The first-order valence-electron chi connectivity index (χ1n) is 7.73. The number of carbonyl (C=O) groups is 2. The summed E-state index contributed by atoms with van der Waals surface area (Å²) < 4.78 is 2.25. The van der Waals surface area contributed by atoms with Crippen molar-refractivity contribution >= 4 is 23.5 Å². The van der Waals surface area contributed by atoms with Gasteiger partial charge in [-0.05, 0) is 42.2 Å². The summed E-state index contributed by atoms with van der Waals surface area (Å²) >= 11 is 6.05. The van der Waals surface area contributed by atoms with Crippen LogP contribution in [-0.2, 0) is 29.0 Å². The van der Waals surface area contributed by atoms with Crippen LogP contribution in [0.15, 0.2) is 42.6 Å². The molecule has 0 atom stereocenters. The Morgan fingerprint density at radius 2 is 1.76 bits per heavy atom. The number of aliphatic carboxylic acids is 2. The third-order valence-electron chi connectivity index (χ3n) is 3.77. The molecule has 0 bridgehead atoms. The van der Waals surface area contributed by atoms with Gasteiger partial charge in [-0.2, -0.15) is 0 Å². The fraction of sp³-hybridized carbons (Fsp3) is 0.222. The normalized spacial score (nSPS) is 12.1. The number of hydrogen-bond donors (Lipinski definition) is 3. The molecule has 0 spiro atoms. The van der Waals surface area contributed by atoms with E-state index < -0.39 is 11.9 Å². The summed E-state index contributed by atoms with van der Waals surface area (Å²) in [4.78, 5) is 19.1. The van der Waals surface area contributed by atoms with Gasteiger partial charge in [-0.1, -0.05) is 17.7 Å². The average Bonchev–Trinajstić information content (AvgIpc) is 2.97. The third kappa shape index (κ3) is 4.95. The van der Waals surface area contributed by atoms with Gasteiger partial charge in [0.25, 0.3) is 0 Å². The van der Waals surface area contributed by atoms with E-state index in [1.54, 1.807) is 0 Å². The van der Waals surface area contributed by atoms with Gasteiger partial charge in [0.05, 0.1) is 5.69 Å². The summed E-state index contributed by atoms with van der Waals surface area (Å²) in [6.45, 7) is 1.54. The quantitative estimate of drug-likeness (QED) is 0.725. The Morgan fingerprint density at radius 3 is 2.36 bits per heavy atom. The van der Waals surface area contributed by atoms with Crippen molar-refractivity contribution in [3.63, 3.8) is 0 Å². The number of carboxylic acid groups (broad SMARTS) is 2. The molecule has 2 aromatic rings. The van der Waals surface area contributed by atoms with Crippen LogP contribution < -0.4 is 5.73 Å². The number of nitrogens with zero attached hydrogens (tertiary/aromatic N) is 1. The monoisotopic (exact) mass is 362 g/mol. The van der Waals surface area contributed by atoms with Crippen molar-refractivity contribution in [3.8, 4) is 11.3 Å². The Morgan fingerprint density at radius 1 is 1.12 bits per heavy atom. The molecule has 132 valence electrons. The van der Waals surface area contributed by atoms with Crippen LogP contribution in [0.5, 0.6) is 0 Å². The second kappa shape index (κ2) is 8.50. The summed E-state index contributed by atoms with van der Waals surface area (Å²) in [5, 5.41) is 16.4. The Kier molecular flexibility index (Phi) is 6.38. The predicted octanol–water partition coefficient (Wildman–Crippen LogP) is 2.58. The Balaban J connectivity index is 0.000000242. The molecule has 1 aromatic heterocycles. The van der Waals surface area contributed by atoms with Gasteiger partial charge in [0.1, 0.15) is 0 Å². The SMILES string of the molecule is NCCn1ccc2c1-c1ccc(Cl)cc1CC2.O=C(O)C=CC(=O)O. The zero-order valence-electron chi connectivity index (χ0n) is 13.5. The van der Waals surface area contributed by atoms with Gasteiger partial charge in [-0.25, -0.2) is 9.59 Å². The van der Waals surface area contributed by atoms with E-state index in [4.69, 9.17) is 27.5 Å². The minimum absolute atomic E-state index is 0.558. The molecule has 4 N–H and O–H groups in total. The van der Waals surface area contributed by atoms with E-state index in [1.165, 1.54) is 22.4 Å². The molecular formula is C18H19ClN2O4. The van der Waals surface area contributed by atoms with Gasteiger partial charge < -0.3 is 20.5 Å². The van der Waals surface area contributed by atoms with Gasteiger partial charge in [-0.3, -0.25) is 0 Å². The molecule has 0 saturated heterocycles. The largest absolute Gasteiger partial charge is 0.478 e. The second-order valence-electron chi connectivity index (χ2n) is 5.48. The number of halogens is 1. The van der Waals surface area contributed by atoms with Crippen LogP contribution in [0.1, 0.15) is 11.1 Å². The van der Waals surface area contributed by atoms with Crippen LogP contribution in [0.4, 0.5) is 0 Å². The topological polar surface area (TPSA) is 106 Å². The van der Waals surface area contributed by atoms with Crippen LogP contribution in [0.3, 0.4) is 0 Å². The minimum atomic E-state index is -1.26. The van der Waals surface area contributed by atoms with E-state index in [1.807, 2.05) is 6.07 Å². The van der Waals surface area contributed by atoms with Crippen LogP contribution in [0, 0.1) is 0 Å². The standard InChI is InChI=1S/C14H15ClN2.C4H4O4/c15-12-3-4-13-11(9-12)2-1-10-5-7-17(8-6-16)14(10)13;5-3(6)1-2-4(7)8/h3-5,7,9H,1-2,6,8,16H2;1-2H,(H,5,6)(H,7,8). The number of carboxylic acids is 2. The number of aromatic nitrogens is 1. The molecule has 0 unspecified atom stereocenters. The summed E-state index contributed by atoms with van der Waals surface area (Å²) in [5.74, 6) is -2.51. The lowest BCUT2D eigenvalue weighted by Crippen LogP contribution is -2.12. The summed E-state index contributed by atoms with van der Waals surface area (Å²) in [5.41, 5.74) is 11.1. The smallest absolute Gasteiger partial charge is 0.328 e. The van der Waals surface area contributed by atoms with Gasteiger partial charge in [-0.15, -0.1) is 0 Å². The first-order chi connectivity index (χ1) is 11.9. The highest BCUT2D eigenvalue weighted by Crippen LogP contribution is 2.35. The molecule has 1 aliphatic carbocycles. The number of nitrogens with two attached hydrogens (primary N) is 1. The molecule has 3 rings (SSSR count). The number of benzene rings is 1. The number of rotatable bonds is 4. The average molecular weight is 363 g/mol. The Labute approximate surface area is 150 Å². The van der Waals surface area contributed by atoms with Crippen molar-refractivity contribution in [1.29, 1.82) is 0 Å². The lowest BCUT2D eigenvalue weighted by atomic mass is 9.90. The van der Waals surface area contributed by atoms with Crippen LogP contribution in [0.2, 0.25) is 5.02 Å². The van der Waals surface area contributed by atoms with Crippen molar-refractivity contribution in [2.75, 3.05) is 6.54 Å². The van der Waals surface area contributed by atoms with Gasteiger partial charge >= 0.3 is 11.9 Å². The lowest BCUT2D eigenvalue weighted by Gasteiger charge is -2.19. The Bertz CT molecular complexity index is 795. The highest BCUT2D eigenvalue weighted by molar-refractivity contribution is 6.30. The lowest BCUT2D eigenvalue weighted by molar-refractivity contribution is -0.134. The molecule has 1 aliphatic rings. The van der Waals surface area contributed by atoms with Crippen LogP contribution in [0.25, 0.3) is 11.3 Å². The van der Waals surface area contributed by atoms with Gasteiger partial charge in [0, 0.05) is 42.0 Å². The fourth-order valence-corrected chi connectivity index (χ4v) is 2.98. The molecule has 0 radical (unpaired) electrons. The van der Waals surface area contributed by atoms with Crippen molar-refractivity contribution in [2.24, 2.45) is 5.73 Å². The van der Waals surface area contributed by atoms with E-state index in [-0.39, 0.29) is 0 Å². The zero-order chi connectivity index (χ0) is 18.4. The van der Waals surface area contributed by atoms with Crippen molar-refractivity contribution in [3.05, 3.63) is 58.8 Å². The van der Waals surface area contributed by atoms with E-state index in [2.05, 4.69) is 29.0 Å². The highest BCUT2D eigenvalue weighted by Gasteiger charge is 2.19. The molecule has 7 heteroatoms. The summed E-state index contributed by atoms with van der Waals surface area (Å²) in [7, 11) is 0. The molecule has 0 saturated carbocycles. The number of hydrogen-bond acceptors (Lipinski definition) is 3. The molecule has 0 fully saturated rings. The fourth-order valence-electron chi connectivity index (χ4n) is 2.78. The first-order valence-corrected chi connectivity index (χ1v) is 8.11. The maximum atomic E-state index is 9.55. The van der Waals surface area contributed by atoms with Gasteiger partial charge in [0.15, 0.2) is 0 Å². The van der Waals surface area contributed by atoms with Gasteiger partial charge in [0.2, 0.25) is 0 Å². The minimum Gasteiger partial charge on any atom is -0.478 e. The molecular weight excluding hydrogens is 344 g/mol. The maximum Gasteiger partial charge on any atom is 0.328 e. The van der Waals surface area contributed by atoms with E-state index in [0.29, 0.717) is 18.7 Å². The zero-order valence-corrected chi connectivity index (χ0v) is 14.2. The van der Waals surface area contributed by atoms with E-state index >= 15 is 0 Å². The van der Waals surface area contributed by atoms with Crippen molar-refractivity contribution < 1.29 is 19.8 Å². The number of aryl methyl sites for hydroxylation is 2. The third-order valence-corrected chi connectivity index (χ3v) is 4.01. The van der Waals surface area contributed by atoms with Crippen molar-refractivity contribution in [1.82, 2.24) is 4.57 Å². The van der Waals surface area contributed by atoms with E-state index in [9.17, 15) is 9.59 Å². The molecule has 25 heavy (non-hydrogen) atoms. The van der Waals surface area contributed by atoms with Crippen LogP contribution in [-0.4, -0.2) is 33.3 Å². The van der Waals surface area contributed by atoms with Crippen LogP contribution >= 0.6 is 11.6 Å². The second-order valence-corrected chi connectivity index (χ2v) is 5.92. The maximum absolute atomic E-state index is 9.55. The highest BCUT2D eigenvalue weighted by atomic mass is 35.5. The molecule has 6 nitrogen and oxygen atoms in total. The summed E-state index contributed by atoms with van der Waals surface area (Å²) in [6, 6.07) is 8.39. The molecule has 0 aliphatic heterocycles. The molecule has 1 aromatic carbocycles. The molecule has 0 amide bonds. The summed E-state index contributed by atoms with van der Waals surface area (Å²) in [6.07, 6.45) is 5.43. The molecule has 1 heterocycles. The van der Waals surface area contributed by atoms with Crippen molar-refractivity contribution in [2.45, 2.75) is 19.4 Å². The predicted molar refractivity (Wildman–Crippen MR) is 95.8 cm³/mol.